The Morgan fingerprint density at radius 2 is 0.800 bits per heavy atom. The fourth-order valence-electron chi connectivity index (χ4n) is 6.55. The van der Waals surface area contributed by atoms with Crippen LogP contribution in [0, 0.1) is 37.1 Å². The highest BCUT2D eigenvalue weighted by molar-refractivity contribution is 7.89. The summed E-state index contributed by atoms with van der Waals surface area (Å²) in [7, 11) is -3.91. The standard InChI is InChI=1S/C38H34F4O2S/c1-23-9-11-25(17-35(23)39)31-5-3-7-33(31)27-13-15-29(37(41)19-27)21-45(43,44)22-30-16-14-28(20-38(30)42)34-8-4-6-32(34)26-12-10-24(2)36(40)18-26/h9-20H,3-8,21-22H2,1-2H3. The highest BCUT2D eigenvalue weighted by atomic mass is 32.2. The summed E-state index contributed by atoms with van der Waals surface area (Å²) >= 11 is 0. The van der Waals surface area contributed by atoms with Gasteiger partial charge in [-0.1, -0.05) is 48.5 Å². The van der Waals surface area contributed by atoms with Gasteiger partial charge in [0.2, 0.25) is 0 Å². The van der Waals surface area contributed by atoms with Gasteiger partial charge in [-0.2, -0.15) is 0 Å². The summed E-state index contributed by atoms with van der Waals surface area (Å²) in [5, 5.41) is 0. The molecule has 0 radical (unpaired) electrons. The summed E-state index contributed by atoms with van der Waals surface area (Å²) in [6, 6.07) is 19.3. The van der Waals surface area contributed by atoms with Gasteiger partial charge in [-0.15, -0.1) is 0 Å². The third kappa shape index (κ3) is 6.55. The molecule has 7 heteroatoms. The highest BCUT2D eigenvalue weighted by Gasteiger charge is 2.23. The van der Waals surface area contributed by atoms with Crippen molar-refractivity contribution in [3.05, 3.63) is 141 Å². The molecule has 232 valence electrons. The van der Waals surface area contributed by atoms with Gasteiger partial charge in [0, 0.05) is 11.1 Å². The van der Waals surface area contributed by atoms with Crippen molar-refractivity contribution < 1.29 is 26.0 Å². The quantitative estimate of drug-likeness (QED) is 0.182. The van der Waals surface area contributed by atoms with Crippen LogP contribution in [0.1, 0.15) is 83.0 Å². The van der Waals surface area contributed by atoms with Crippen molar-refractivity contribution in [1.29, 1.82) is 0 Å². The molecule has 4 aromatic carbocycles. The molecule has 0 aromatic heterocycles. The minimum atomic E-state index is -3.91. The van der Waals surface area contributed by atoms with Gasteiger partial charge >= 0.3 is 0 Å². The molecule has 0 spiro atoms. The molecule has 0 saturated heterocycles. The van der Waals surface area contributed by atoms with Crippen LogP contribution in [0.4, 0.5) is 17.6 Å². The summed E-state index contributed by atoms with van der Waals surface area (Å²) in [4.78, 5) is 0. The van der Waals surface area contributed by atoms with E-state index in [1.165, 1.54) is 36.4 Å². The van der Waals surface area contributed by atoms with Crippen molar-refractivity contribution in [2.24, 2.45) is 0 Å². The number of sulfone groups is 1. The lowest BCUT2D eigenvalue weighted by atomic mass is 9.95. The van der Waals surface area contributed by atoms with E-state index in [2.05, 4.69) is 0 Å². The molecule has 2 nitrogen and oxygen atoms in total. The largest absolute Gasteiger partial charge is 0.228 e. The Hall–Kier alpha value is -3.97. The lowest BCUT2D eigenvalue weighted by Gasteiger charge is -2.13. The Balaban J connectivity index is 1.20. The molecule has 0 N–H and O–H groups in total. The molecule has 0 aliphatic heterocycles. The SMILES string of the molecule is Cc1ccc(C2=C(c3ccc(CS(=O)(=O)Cc4ccc(C5=C(c6ccc(C)c(F)c6)CCC5)cc4F)c(F)c3)CCC2)cc1F. The molecule has 0 fully saturated rings. The van der Waals surface area contributed by atoms with E-state index >= 15 is 8.78 Å². The van der Waals surface area contributed by atoms with Crippen LogP contribution in [0.3, 0.4) is 0 Å². The molecule has 0 heterocycles. The number of allylic oxidation sites excluding steroid dienone is 4. The van der Waals surface area contributed by atoms with Crippen LogP contribution in [0.2, 0.25) is 0 Å². The fourth-order valence-corrected chi connectivity index (χ4v) is 8.07. The van der Waals surface area contributed by atoms with Gasteiger partial charge in [0.1, 0.15) is 23.3 Å². The predicted molar refractivity (Wildman–Crippen MR) is 173 cm³/mol. The zero-order valence-electron chi connectivity index (χ0n) is 25.3. The third-order valence-electron chi connectivity index (χ3n) is 9.03. The summed E-state index contributed by atoms with van der Waals surface area (Å²) in [5.74, 6) is -3.00. The van der Waals surface area contributed by atoms with Crippen molar-refractivity contribution in [3.63, 3.8) is 0 Å². The molecule has 4 aromatic rings. The van der Waals surface area contributed by atoms with Crippen LogP contribution < -0.4 is 0 Å². The summed E-state index contributed by atoms with van der Waals surface area (Å²) in [6.07, 6.45) is 4.68. The van der Waals surface area contributed by atoms with E-state index in [0.717, 1.165) is 71.9 Å². The monoisotopic (exact) mass is 630 g/mol. The average Bonchev–Trinajstić information content (AvgIpc) is 3.69. The lowest BCUT2D eigenvalue weighted by Crippen LogP contribution is -2.10. The van der Waals surface area contributed by atoms with Gasteiger partial charge in [0.25, 0.3) is 0 Å². The Kier molecular flexibility index (Phi) is 8.57. The van der Waals surface area contributed by atoms with Crippen LogP contribution in [-0.2, 0) is 21.3 Å². The van der Waals surface area contributed by atoms with Crippen LogP contribution in [0.15, 0.2) is 72.8 Å². The molecule has 0 amide bonds. The van der Waals surface area contributed by atoms with Crippen molar-refractivity contribution in [2.45, 2.75) is 63.9 Å². The first kappa shape index (κ1) is 31.0. The molecule has 0 unspecified atom stereocenters. The smallest absolute Gasteiger partial charge is 0.158 e. The first-order valence-corrected chi connectivity index (χ1v) is 17.1. The number of benzene rings is 4. The van der Waals surface area contributed by atoms with Crippen molar-refractivity contribution in [1.82, 2.24) is 0 Å². The van der Waals surface area contributed by atoms with E-state index in [-0.39, 0.29) is 22.8 Å². The molecule has 0 saturated carbocycles. The van der Waals surface area contributed by atoms with Gasteiger partial charge in [0.05, 0.1) is 11.5 Å². The van der Waals surface area contributed by atoms with Crippen molar-refractivity contribution in [2.75, 3.05) is 0 Å². The Bertz CT molecular complexity index is 1850. The van der Waals surface area contributed by atoms with Gasteiger partial charge in [-0.3, -0.25) is 0 Å². The van der Waals surface area contributed by atoms with E-state index < -0.39 is 33.0 Å². The van der Waals surface area contributed by atoms with Crippen molar-refractivity contribution in [3.8, 4) is 0 Å². The first-order chi connectivity index (χ1) is 21.5. The maximum atomic E-state index is 15.3. The van der Waals surface area contributed by atoms with Gasteiger partial charge in [0.15, 0.2) is 9.84 Å². The first-order valence-electron chi connectivity index (χ1n) is 15.2. The second kappa shape index (κ2) is 12.4. The number of aryl methyl sites for hydroxylation is 2. The van der Waals surface area contributed by atoms with Gasteiger partial charge in [-0.05, 0) is 132 Å². The fraction of sp³-hybridized carbons (Fsp3) is 0.263. The number of rotatable bonds is 8. The van der Waals surface area contributed by atoms with E-state index in [1.54, 1.807) is 38.1 Å². The topological polar surface area (TPSA) is 34.1 Å². The number of halogens is 4. The molecule has 2 aliphatic rings. The normalized spacial score (nSPS) is 15.4. The second-order valence-corrected chi connectivity index (χ2v) is 14.3. The molecule has 0 bridgehead atoms. The zero-order chi connectivity index (χ0) is 31.9. The van der Waals surface area contributed by atoms with E-state index in [1.807, 2.05) is 12.1 Å². The van der Waals surface area contributed by atoms with Gasteiger partial charge in [-0.25, -0.2) is 26.0 Å². The summed E-state index contributed by atoms with van der Waals surface area (Å²) in [5.41, 5.74) is 7.81. The Morgan fingerprint density at radius 1 is 0.489 bits per heavy atom. The van der Waals surface area contributed by atoms with Crippen LogP contribution in [-0.4, -0.2) is 8.42 Å². The predicted octanol–water partition coefficient (Wildman–Crippen LogP) is 10.2. The van der Waals surface area contributed by atoms with E-state index in [9.17, 15) is 17.2 Å². The maximum Gasteiger partial charge on any atom is 0.158 e. The van der Waals surface area contributed by atoms with Crippen LogP contribution in [0.25, 0.3) is 22.3 Å². The molecule has 2 aliphatic carbocycles. The number of hydrogen-bond donors (Lipinski definition) is 0. The Morgan fingerprint density at radius 3 is 1.11 bits per heavy atom. The summed E-state index contributed by atoms with van der Waals surface area (Å²) < 4.78 is 85.3. The van der Waals surface area contributed by atoms with Crippen molar-refractivity contribution >= 4 is 32.1 Å². The zero-order valence-corrected chi connectivity index (χ0v) is 26.1. The molecule has 6 rings (SSSR count). The molecule has 45 heavy (non-hydrogen) atoms. The van der Waals surface area contributed by atoms with Crippen LogP contribution in [0.5, 0.6) is 0 Å². The lowest BCUT2D eigenvalue weighted by molar-refractivity contribution is 0.580. The third-order valence-corrected chi connectivity index (χ3v) is 10.5. The number of hydrogen-bond acceptors (Lipinski definition) is 2. The average molecular weight is 631 g/mol. The molecule has 0 atom stereocenters. The highest BCUT2D eigenvalue weighted by Crippen LogP contribution is 2.42. The molecular formula is C38H34F4O2S. The molecular weight excluding hydrogens is 596 g/mol. The summed E-state index contributed by atoms with van der Waals surface area (Å²) in [6.45, 7) is 3.41. The minimum Gasteiger partial charge on any atom is -0.228 e. The van der Waals surface area contributed by atoms with E-state index in [4.69, 9.17) is 0 Å². The van der Waals surface area contributed by atoms with Gasteiger partial charge < -0.3 is 0 Å². The maximum absolute atomic E-state index is 15.3. The minimum absolute atomic E-state index is 0.0170. The van der Waals surface area contributed by atoms with E-state index in [0.29, 0.717) is 22.3 Å². The Labute approximate surface area is 262 Å². The van der Waals surface area contributed by atoms with Crippen LogP contribution >= 0.6 is 0 Å². The second-order valence-electron chi connectivity index (χ2n) is 12.2.